The molecule has 4 nitrogen and oxygen atoms in total. The van der Waals surface area contributed by atoms with Crippen molar-refractivity contribution in [1.82, 2.24) is 15.2 Å². The summed E-state index contributed by atoms with van der Waals surface area (Å²) < 4.78 is 26.3. The van der Waals surface area contributed by atoms with Crippen molar-refractivity contribution in [1.29, 1.82) is 0 Å². The minimum atomic E-state index is -2.50. The van der Waals surface area contributed by atoms with Gasteiger partial charge in [0, 0.05) is 25.1 Å². The summed E-state index contributed by atoms with van der Waals surface area (Å²) in [5.74, 6) is -1.76. The van der Waals surface area contributed by atoms with E-state index in [1.165, 1.54) is 0 Å². The van der Waals surface area contributed by atoms with Gasteiger partial charge in [-0.2, -0.15) is 5.10 Å². The molecule has 6 heteroatoms. The lowest BCUT2D eigenvalue weighted by Gasteiger charge is -2.29. The molecule has 0 saturated heterocycles. The minimum Gasteiger partial charge on any atom is -0.367 e. The first-order valence-electron chi connectivity index (χ1n) is 6.49. The summed E-state index contributed by atoms with van der Waals surface area (Å²) in [6.45, 7) is 1.90. The fourth-order valence-corrected chi connectivity index (χ4v) is 2.61. The van der Waals surface area contributed by atoms with Crippen molar-refractivity contribution in [3.8, 4) is 0 Å². The second-order valence-corrected chi connectivity index (χ2v) is 5.17. The molecule has 0 bridgehead atoms. The number of anilines is 1. The molecule has 1 aliphatic carbocycles. The zero-order valence-corrected chi connectivity index (χ0v) is 10.7. The number of fused-ring (bicyclic) bond motifs is 1. The first kappa shape index (κ1) is 12.3. The molecule has 1 fully saturated rings. The average molecular weight is 266 g/mol. The monoisotopic (exact) mass is 266 g/mol. The Kier molecular flexibility index (Phi) is 2.88. The molecule has 0 spiro atoms. The number of H-pyrrole nitrogens is 1. The highest BCUT2D eigenvalue weighted by Gasteiger charge is 2.35. The number of pyridine rings is 1. The Hall–Kier alpha value is -1.72. The van der Waals surface area contributed by atoms with Crippen LogP contribution in [0.3, 0.4) is 0 Å². The zero-order chi connectivity index (χ0) is 13.5. The zero-order valence-electron chi connectivity index (χ0n) is 10.7. The van der Waals surface area contributed by atoms with Crippen LogP contribution < -0.4 is 5.32 Å². The molecule has 1 saturated carbocycles. The molecule has 0 atom stereocenters. The van der Waals surface area contributed by atoms with E-state index in [1.807, 2.05) is 13.0 Å². The third kappa shape index (κ3) is 2.39. The van der Waals surface area contributed by atoms with Gasteiger partial charge in [0.25, 0.3) is 0 Å². The van der Waals surface area contributed by atoms with Crippen molar-refractivity contribution < 1.29 is 8.78 Å². The number of aromatic nitrogens is 3. The van der Waals surface area contributed by atoms with E-state index in [2.05, 4.69) is 20.5 Å². The highest BCUT2D eigenvalue weighted by Crippen LogP contribution is 2.34. The number of alkyl halides is 2. The first-order valence-corrected chi connectivity index (χ1v) is 6.49. The first-order chi connectivity index (χ1) is 9.05. The number of rotatable bonds is 2. The van der Waals surface area contributed by atoms with Gasteiger partial charge in [-0.3, -0.25) is 5.10 Å². The van der Waals surface area contributed by atoms with Gasteiger partial charge in [0.2, 0.25) is 5.92 Å². The Bertz CT molecular complexity index is 583. The summed E-state index contributed by atoms with van der Waals surface area (Å²) in [4.78, 5) is 4.31. The van der Waals surface area contributed by atoms with Gasteiger partial charge in [-0.1, -0.05) is 0 Å². The van der Waals surface area contributed by atoms with E-state index in [0.717, 1.165) is 22.4 Å². The molecule has 0 amide bonds. The predicted molar refractivity (Wildman–Crippen MR) is 69.5 cm³/mol. The number of nitrogens with one attached hydrogen (secondary N) is 2. The van der Waals surface area contributed by atoms with Crippen molar-refractivity contribution in [3.63, 3.8) is 0 Å². The van der Waals surface area contributed by atoms with Gasteiger partial charge in [0.05, 0.1) is 16.6 Å². The van der Waals surface area contributed by atoms with Gasteiger partial charge in [0.15, 0.2) is 0 Å². The van der Waals surface area contributed by atoms with Crippen molar-refractivity contribution in [3.05, 3.63) is 18.0 Å². The van der Waals surface area contributed by atoms with Crippen LogP contribution in [0, 0.1) is 6.92 Å². The van der Waals surface area contributed by atoms with Crippen LogP contribution in [0.2, 0.25) is 0 Å². The molecule has 1 aliphatic rings. The van der Waals surface area contributed by atoms with Crippen LogP contribution in [-0.2, 0) is 0 Å². The van der Waals surface area contributed by atoms with Crippen molar-refractivity contribution in [2.45, 2.75) is 44.6 Å². The average Bonchev–Trinajstić information content (AvgIpc) is 2.75. The third-order valence-corrected chi connectivity index (χ3v) is 3.71. The molecule has 0 unspecified atom stereocenters. The Labute approximate surface area is 109 Å². The third-order valence-electron chi connectivity index (χ3n) is 3.71. The largest absolute Gasteiger partial charge is 0.367 e. The van der Waals surface area contributed by atoms with Crippen molar-refractivity contribution in [2.24, 2.45) is 0 Å². The van der Waals surface area contributed by atoms with Gasteiger partial charge in [-0.05, 0) is 25.8 Å². The SMILES string of the molecule is Cc1n[nH]c2ccnc(NC3CCC(F)(F)CC3)c12. The predicted octanol–water partition coefficient (Wildman–Crippen LogP) is 3.26. The molecule has 0 aliphatic heterocycles. The van der Waals surface area contributed by atoms with E-state index in [9.17, 15) is 8.78 Å². The van der Waals surface area contributed by atoms with Gasteiger partial charge in [-0.15, -0.1) is 0 Å². The summed E-state index contributed by atoms with van der Waals surface area (Å²) >= 11 is 0. The van der Waals surface area contributed by atoms with E-state index in [-0.39, 0.29) is 18.9 Å². The maximum Gasteiger partial charge on any atom is 0.248 e. The number of hydrogen-bond donors (Lipinski definition) is 2. The molecule has 2 N–H and O–H groups in total. The quantitative estimate of drug-likeness (QED) is 0.877. The van der Waals surface area contributed by atoms with E-state index in [4.69, 9.17) is 0 Å². The second-order valence-electron chi connectivity index (χ2n) is 5.17. The number of aromatic amines is 1. The summed E-state index contributed by atoms with van der Waals surface area (Å²) in [6, 6.07) is 1.92. The fraction of sp³-hybridized carbons (Fsp3) is 0.538. The van der Waals surface area contributed by atoms with Crippen LogP contribution in [-0.4, -0.2) is 27.1 Å². The van der Waals surface area contributed by atoms with Gasteiger partial charge in [-0.25, -0.2) is 13.8 Å². The Morgan fingerprint density at radius 3 is 2.84 bits per heavy atom. The molecule has 3 rings (SSSR count). The molecular weight excluding hydrogens is 250 g/mol. The van der Waals surface area contributed by atoms with E-state index < -0.39 is 5.92 Å². The van der Waals surface area contributed by atoms with Crippen LogP contribution >= 0.6 is 0 Å². The summed E-state index contributed by atoms with van der Waals surface area (Å²) in [5, 5.41) is 11.3. The Morgan fingerprint density at radius 1 is 1.37 bits per heavy atom. The van der Waals surface area contributed by atoms with Crippen LogP contribution in [0.15, 0.2) is 12.3 Å². The summed E-state index contributed by atoms with van der Waals surface area (Å²) in [5.41, 5.74) is 1.78. The van der Waals surface area contributed by atoms with Crippen molar-refractivity contribution in [2.75, 3.05) is 5.32 Å². The van der Waals surface area contributed by atoms with E-state index in [0.29, 0.717) is 12.8 Å². The standard InChI is InChI=1S/C13H16F2N4/c1-8-11-10(19-18-8)4-7-16-12(11)17-9-2-5-13(14,15)6-3-9/h4,7,9H,2-3,5-6H2,1H3,(H,16,17)(H,18,19). The van der Waals surface area contributed by atoms with E-state index in [1.54, 1.807) is 6.20 Å². The second kappa shape index (κ2) is 4.43. The maximum atomic E-state index is 13.1. The minimum absolute atomic E-state index is 0.0506. The van der Waals surface area contributed by atoms with Gasteiger partial charge < -0.3 is 5.32 Å². The fourth-order valence-electron chi connectivity index (χ4n) is 2.61. The molecule has 0 aromatic carbocycles. The van der Waals surface area contributed by atoms with Gasteiger partial charge in [0.1, 0.15) is 5.82 Å². The van der Waals surface area contributed by atoms with Crippen LogP contribution in [0.1, 0.15) is 31.4 Å². The van der Waals surface area contributed by atoms with Crippen LogP contribution in [0.25, 0.3) is 10.9 Å². The lowest BCUT2D eigenvalue weighted by Crippen LogP contribution is -2.32. The Balaban J connectivity index is 1.81. The molecule has 102 valence electrons. The maximum absolute atomic E-state index is 13.1. The number of halogens is 2. The number of nitrogens with zero attached hydrogens (tertiary/aromatic N) is 2. The molecule has 0 radical (unpaired) electrons. The van der Waals surface area contributed by atoms with Crippen LogP contribution in [0.4, 0.5) is 14.6 Å². The van der Waals surface area contributed by atoms with Gasteiger partial charge >= 0.3 is 0 Å². The molecule has 2 aromatic heterocycles. The number of aryl methyl sites for hydroxylation is 1. The lowest BCUT2D eigenvalue weighted by molar-refractivity contribution is -0.0361. The molecule has 19 heavy (non-hydrogen) atoms. The molecular formula is C13H16F2N4. The topological polar surface area (TPSA) is 53.6 Å². The molecule has 2 aromatic rings. The molecule has 2 heterocycles. The lowest BCUT2D eigenvalue weighted by atomic mass is 9.92. The smallest absolute Gasteiger partial charge is 0.248 e. The summed E-state index contributed by atoms with van der Waals surface area (Å²) in [7, 11) is 0. The van der Waals surface area contributed by atoms with Crippen LogP contribution in [0.5, 0.6) is 0 Å². The highest BCUT2D eigenvalue weighted by molar-refractivity contribution is 5.91. The summed E-state index contributed by atoms with van der Waals surface area (Å²) in [6.07, 6.45) is 2.54. The van der Waals surface area contributed by atoms with E-state index >= 15 is 0 Å². The van der Waals surface area contributed by atoms with Crippen molar-refractivity contribution >= 4 is 16.7 Å². The number of hydrogen-bond acceptors (Lipinski definition) is 3. The highest BCUT2D eigenvalue weighted by atomic mass is 19.3. The normalized spacial score (nSPS) is 19.7. The Morgan fingerprint density at radius 2 is 2.11 bits per heavy atom.